The molecule has 0 unspecified atom stereocenters. The van der Waals surface area contributed by atoms with Crippen molar-refractivity contribution in [1.82, 2.24) is 0 Å². The first-order valence-corrected chi connectivity index (χ1v) is 1.48. The molecule has 2 nitrogen and oxygen atoms in total. The molecule has 0 fully saturated rings. The Morgan fingerprint density at radius 1 is 1.14 bits per heavy atom. The summed E-state index contributed by atoms with van der Waals surface area (Å²) in [4.78, 5) is 0. The summed E-state index contributed by atoms with van der Waals surface area (Å²) in [5, 5.41) is 0. The van der Waals surface area contributed by atoms with Crippen LogP contribution in [0.4, 0.5) is 0 Å². The summed E-state index contributed by atoms with van der Waals surface area (Å²) in [6, 6.07) is 0. The van der Waals surface area contributed by atoms with Crippen molar-refractivity contribution in [2.24, 2.45) is 0 Å². The Hall–Kier alpha value is 3.48. The first-order chi connectivity index (χ1) is 1.41. The number of hydrogen-bond donors (Lipinski definition) is 1. The van der Waals surface area contributed by atoms with Gasteiger partial charge in [0.1, 0.15) is 0 Å². The van der Waals surface area contributed by atoms with Crippen molar-refractivity contribution < 1.29 is 96.6 Å². The monoisotopic (exact) mass is 161 g/mol. The van der Waals surface area contributed by atoms with Crippen LogP contribution in [0, 0.1) is 0 Å². The van der Waals surface area contributed by atoms with Crippen LogP contribution in [0.5, 0.6) is 0 Å². The molecule has 0 aromatic carbocycles. The fraction of sp³-hybridized carbons (Fsp3) is 0. The van der Waals surface area contributed by atoms with Gasteiger partial charge in [-0.3, -0.25) is 0 Å². The summed E-state index contributed by atoms with van der Waals surface area (Å²) in [5.41, 5.74) is 0. The van der Waals surface area contributed by atoms with Crippen molar-refractivity contribution in [3.8, 4) is 0 Å². The van der Waals surface area contributed by atoms with E-state index in [9.17, 15) is 0 Å². The molecule has 0 rings (SSSR count). The minimum absolute atomic E-state index is 0. The van der Waals surface area contributed by atoms with E-state index in [2.05, 4.69) is 0 Å². The minimum Gasteiger partial charge on any atom is -2.00 e. The van der Waals surface area contributed by atoms with Gasteiger partial charge in [-0.05, 0) is 0 Å². The van der Waals surface area contributed by atoms with Crippen LogP contribution in [0.15, 0.2) is 0 Å². The molecular weight excluding hydrogens is 160 g/mol. The zero-order valence-corrected chi connectivity index (χ0v) is 12.8. The van der Waals surface area contributed by atoms with E-state index in [1.165, 1.54) is 0 Å². The molecule has 7 heavy (non-hydrogen) atoms. The Bertz CT molecular complexity index is 20.4. The zero-order chi connectivity index (χ0) is 2.71. The molecule has 0 heterocycles. The van der Waals surface area contributed by atoms with E-state index in [-0.39, 0.29) is 102 Å². The van der Waals surface area contributed by atoms with E-state index < -0.39 is 15.5 Å². The molecule has 0 saturated heterocycles. The summed E-state index contributed by atoms with van der Waals surface area (Å²) in [5.74, 6) is 0. The summed E-state index contributed by atoms with van der Waals surface area (Å²) in [6.07, 6.45) is 0. The zero-order valence-electron chi connectivity index (χ0n) is 4.84. The summed E-state index contributed by atoms with van der Waals surface area (Å²) in [6.45, 7) is 0. The van der Waals surface area contributed by atoms with Gasteiger partial charge < -0.3 is 13.5 Å². The normalized spacial score (nSPS) is 1.14. The van der Waals surface area contributed by atoms with Gasteiger partial charge in [0, 0.05) is 0 Å². The smallest absolute Gasteiger partial charge is 2.00 e. The quantitative estimate of drug-likeness (QED) is 0.358. The average molecular weight is 161 g/mol. The van der Waals surface area contributed by atoms with Gasteiger partial charge in [0.2, 0.25) is 0 Å². The standard InChI is InChI=1S/Al.3Na.H2O.O.S/h;;;;1H2;;/q4*+1;;;-2/p-1. The third kappa shape index (κ3) is 43.8. The van der Waals surface area contributed by atoms with Crippen LogP contribution in [0.25, 0.3) is 0 Å². The van der Waals surface area contributed by atoms with E-state index in [4.69, 9.17) is 7.96 Å². The first-order valence-electron chi connectivity index (χ1n) is 0.494. The van der Waals surface area contributed by atoms with Crippen LogP contribution in [0.1, 0.15) is 0 Å². The second kappa shape index (κ2) is 34.0. The van der Waals surface area contributed by atoms with Crippen molar-refractivity contribution in [1.29, 1.82) is 0 Å². The van der Waals surface area contributed by atoms with Crippen molar-refractivity contribution in [3.05, 3.63) is 0 Å². The Labute approximate surface area is 123 Å². The van der Waals surface area contributed by atoms with Gasteiger partial charge in [-0.25, -0.2) is 0 Å². The van der Waals surface area contributed by atoms with Crippen LogP contribution in [0.3, 0.4) is 0 Å². The van der Waals surface area contributed by atoms with Gasteiger partial charge in [-0.1, -0.05) is 0 Å². The fourth-order valence-electron chi connectivity index (χ4n) is 0. The van der Waals surface area contributed by atoms with Gasteiger partial charge in [0.15, 0.2) is 0 Å². The predicted octanol–water partition coefficient (Wildman–Crippen LogP) is -10.0. The van der Waals surface area contributed by atoms with Crippen molar-refractivity contribution in [2.45, 2.75) is 0 Å². The molecular formula is HAlNa3O2S+. The Morgan fingerprint density at radius 2 is 1.14 bits per heavy atom. The molecule has 0 aliphatic heterocycles. The number of hydrogen-bond acceptors (Lipinski definition) is 1. The first kappa shape index (κ1) is 31.4. The molecule has 0 bridgehead atoms. The SMILES string of the molecule is [Na+].[Na+].[Na+].[O]=[Al][OH].[S-2]. The van der Waals surface area contributed by atoms with Crippen molar-refractivity contribution in [2.75, 3.05) is 0 Å². The van der Waals surface area contributed by atoms with Gasteiger partial charge in [-0.2, -0.15) is 0 Å². The van der Waals surface area contributed by atoms with Crippen LogP contribution in [0.2, 0.25) is 0 Å². The van der Waals surface area contributed by atoms with Gasteiger partial charge in [-0.15, -0.1) is 0 Å². The topological polar surface area (TPSA) is 37.3 Å². The van der Waals surface area contributed by atoms with Gasteiger partial charge in [0.05, 0.1) is 0 Å². The second-order valence-electron chi connectivity index (χ2n) is 0.105. The maximum absolute atomic E-state index is 8.57. The molecule has 0 aromatic heterocycles. The molecule has 0 radical (unpaired) electrons. The molecule has 24 valence electrons. The van der Waals surface area contributed by atoms with E-state index in [1.54, 1.807) is 0 Å². The maximum atomic E-state index is 8.57. The van der Waals surface area contributed by atoms with Crippen LogP contribution in [-0.2, 0) is 17.3 Å². The third-order valence-corrected chi connectivity index (χ3v) is 0. The van der Waals surface area contributed by atoms with E-state index >= 15 is 0 Å². The molecule has 1 N–H and O–H groups in total. The predicted molar refractivity (Wildman–Crippen MR) is 16.0 cm³/mol. The van der Waals surface area contributed by atoms with E-state index in [0.29, 0.717) is 0 Å². The minimum atomic E-state index is -1.50. The van der Waals surface area contributed by atoms with Crippen molar-refractivity contribution in [3.63, 3.8) is 0 Å². The molecule has 0 spiro atoms. The fourth-order valence-corrected chi connectivity index (χ4v) is 0. The average Bonchev–Trinajstić information content (AvgIpc) is 0.918. The molecule has 0 aliphatic rings. The molecule has 0 aliphatic carbocycles. The third-order valence-electron chi connectivity index (χ3n) is 0. The molecule has 7 heteroatoms. The molecule has 0 amide bonds. The summed E-state index contributed by atoms with van der Waals surface area (Å²) < 4.78 is 15.7. The van der Waals surface area contributed by atoms with Crippen LogP contribution in [-0.4, -0.2) is 19.6 Å². The summed E-state index contributed by atoms with van der Waals surface area (Å²) in [7, 11) is 0. The molecule has 0 aromatic rings. The number of rotatable bonds is 0. The molecule has 0 saturated carbocycles. The van der Waals surface area contributed by atoms with E-state index in [0.717, 1.165) is 0 Å². The maximum Gasteiger partial charge on any atom is -2.00 e. The Balaban J connectivity index is -0.00000000333. The van der Waals surface area contributed by atoms with E-state index in [1.807, 2.05) is 0 Å². The Morgan fingerprint density at radius 3 is 1.14 bits per heavy atom. The largest absolute Gasteiger partial charge is 2.00 e. The van der Waals surface area contributed by atoms with Crippen LogP contribution < -0.4 is 88.7 Å². The second-order valence-corrected chi connectivity index (χ2v) is 0.316. The Kier molecular flexibility index (Phi) is 152. The van der Waals surface area contributed by atoms with Crippen molar-refractivity contribution >= 4 is 29.0 Å². The van der Waals surface area contributed by atoms with Gasteiger partial charge >= 0.3 is 112 Å². The van der Waals surface area contributed by atoms with Crippen LogP contribution >= 0.6 is 0 Å². The summed E-state index contributed by atoms with van der Waals surface area (Å²) >= 11 is -1.50. The van der Waals surface area contributed by atoms with Gasteiger partial charge in [0.25, 0.3) is 0 Å². The molecule has 0 atom stereocenters.